The van der Waals surface area contributed by atoms with E-state index < -0.39 is 27.0 Å². The standard InChI is InChI=1S/C22H17ClFN3O5S/c1-11-7-18-19(26-22(29)21(28)25-18)10-20(11)33(30,31)27-12-3-5-14(16(23)8-12)15-6-4-13(32-2)9-17(15)24/h3-10,27H,1-2H3,(H,25,28)(H,26,29). The van der Waals surface area contributed by atoms with Crippen molar-refractivity contribution in [3.63, 3.8) is 0 Å². The van der Waals surface area contributed by atoms with E-state index in [1.165, 1.54) is 49.6 Å². The summed E-state index contributed by atoms with van der Waals surface area (Å²) in [5.74, 6) is -0.184. The van der Waals surface area contributed by atoms with Gasteiger partial charge in [-0.3, -0.25) is 14.3 Å². The molecule has 170 valence electrons. The van der Waals surface area contributed by atoms with Crippen molar-refractivity contribution in [2.75, 3.05) is 11.8 Å². The molecule has 33 heavy (non-hydrogen) atoms. The lowest BCUT2D eigenvalue weighted by Gasteiger charge is -2.13. The lowest BCUT2D eigenvalue weighted by atomic mass is 10.0. The summed E-state index contributed by atoms with van der Waals surface area (Å²) in [4.78, 5) is 27.8. The average Bonchev–Trinajstić information content (AvgIpc) is 2.74. The number of sulfonamides is 1. The normalized spacial score (nSPS) is 11.5. The number of aryl methyl sites for hydroxylation is 1. The van der Waals surface area contributed by atoms with Crippen molar-refractivity contribution in [2.24, 2.45) is 0 Å². The lowest BCUT2D eigenvalue weighted by molar-refractivity contribution is 0.411. The highest BCUT2D eigenvalue weighted by molar-refractivity contribution is 7.92. The smallest absolute Gasteiger partial charge is 0.314 e. The number of benzene rings is 3. The first-order chi connectivity index (χ1) is 15.6. The average molecular weight is 490 g/mol. The molecule has 0 saturated heterocycles. The first-order valence-electron chi connectivity index (χ1n) is 9.52. The Morgan fingerprint density at radius 1 is 0.939 bits per heavy atom. The van der Waals surface area contributed by atoms with Crippen molar-refractivity contribution in [3.8, 4) is 16.9 Å². The number of aromatic nitrogens is 2. The number of anilines is 1. The van der Waals surface area contributed by atoms with Gasteiger partial charge in [-0.25, -0.2) is 12.8 Å². The molecular weight excluding hydrogens is 473 g/mol. The van der Waals surface area contributed by atoms with Gasteiger partial charge in [-0.1, -0.05) is 17.7 Å². The number of halogens is 2. The van der Waals surface area contributed by atoms with Gasteiger partial charge in [0.1, 0.15) is 11.6 Å². The van der Waals surface area contributed by atoms with Gasteiger partial charge >= 0.3 is 11.1 Å². The molecular formula is C22H17ClFN3O5S. The Morgan fingerprint density at radius 2 is 1.58 bits per heavy atom. The number of ether oxygens (including phenoxy) is 1. The zero-order valence-electron chi connectivity index (χ0n) is 17.3. The molecule has 0 bridgehead atoms. The number of methoxy groups -OCH3 is 1. The zero-order chi connectivity index (χ0) is 23.9. The lowest BCUT2D eigenvalue weighted by Crippen LogP contribution is -2.29. The highest BCUT2D eigenvalue weighted by atomic mass is 35.5. The quantitative estimate of drug-likeness (QED) is 0.368. The third-order valence-corrected chi connectivity index (χ3v) is 6.83. The van der Waals surface area contributed by atoms with Crippen LogP contribution in [-0.2, 0) is 10.0 Å². The van der Waals surface area contributed by atoms with Crippen molar-refractivity contribution in [2.45, 2.75) is 11.8 Å². The van der Waals surface area contributed by atoms with Crippen molar-refractivity contribution in [1.82, 2.24) is 9.97 Å². The topological polar surface area (TPSA) is 121 Å². The first kappa shape index (κ1) is 22.6. The van der Waals surface area contributed by atoms with E-state index in [1.54, 1.807) is 13.0 Å². The van der Waals surface area contributed by atoms with Gasteiger partial charge in [0.25, 0.3) is 10.0 Å². The Balaban J connectivity index is 1.70. The molecule has 1 aromatic heterocycles. The second-order valence-corrected chi connectivity index (χ2v) is 9.28. The molecule has 8 nitrogen and oxygen atoms in total. The van der Waals surface area contributed by atoms with E-state index in [4.69, 9.17) is 16.3 Å². The van der Waals surface area contributed by atoms with Crippen LogP contribution in [0.3, 0.4) is 0 Å². The fourth-order valence-corrected chi connectivity index (χ4v) is 4.98. The number of rotatable bonds is 5. The van der Waals surface area contributed by atoms with Crippen molar-refractivity contribution in [1.29, 1.82) is 0 Å². The minimum atomic E-state index is -4.08. The summed E-state index contributed by atoms with van der Waals surface area (Å²) in [6, 6.07) is 11.4. The summed E-state index contributed by atoms with van der Waals surface area (Å²) in [5, 5.41) is 0.136. The Kier molecular flexibility index (Phi) is 5.73. The van der Waals surface area contributed by atoms with Crippen LogP contribution in [0.25, 0.3) is 22.2 Å². The number of fused-ring (bicyclic) bond motifs is 1. The van der Waals surface area contributed by atoms with E-state index in [0.29, 0.717) is 22.4 Å². The molecule has 0 saturated carbocycles. The number of nitrogens with one attached hydrogen (secondary N) is 3. The maximum Gasteiger partial charge on any atom is 0.314 e. The fourth-order valence-electron chi connectivity index (χ4n) is 3.39. The molecule has 3 aromatic carbocycles. The molecule has 1 heterocycles. The molecule has 0 amide bonds. The first-order valence-corrected chi connectivity index (χ1v) is 11.4. The molecule has 4 aromatic rings. The number of hydrogen-bond acceptors (Lipinski definition) is 5. The maximum absolute atomic E-state index is 14.4. The summed E-state index contributed by atoms with van der Waals surface area (Å²) in [5.41, 5.74) is -0.150. The van der Waals surface area contributed by atoms with Crippen molar-refractivity contribution >= 4 is 38.3 Å². The fraction of sp³-hybridized carbons (Fsp3) is 0.0909. The van der Waals surface area contributed by atoms with Crippen LogP contribution in [0, 0.1) is 12.7 Å². The van der Waals surface area contributed by atoms with Gasteiger partial charge in [0.05, 0.1) is 33.7 Å². The summed E-state index contributed by atoms with van der Waals surface area (Å²) >= 11 is 6.32. The Morgan fingerprint density at radius 3 is 2.18 bits per heavy atom. The molecule has 0 fully saturated rings. The second kappa shape index (κ2) is 8.38. The molecule has 0 aliphatic carbocycles. The summed E-state index contributed by atoms with van der Waals surface area (Å²) in [6.07, 6.45) is 0. The third-order valence-electron chi connectivity index (χ3n) is 4.99. The van der Waals surface area contributed by atoms with Crippen LogP contribution >= 0.6 is 11.6 Å². The summed E-state index contributed by atoms with van der Waals surface area (Å²) in [6.45, 7) is 1.56. The molecule has 0 unspecified atom stereocenters. The summed E-state index contributed by atoms with van der Waals surface area (Å²) < 4.78 is 47.9. The minimum absolute atomic E-state index is 0.0981. The van der Waals surface area contributed by atoms with Crippen LogP contribution in [-0.4, -0.2) is 25.5 Å². The largest absolute Gasteiger partial charge is 0.497 e. The van der Waals surface area contributed by atoms with E-state index >= 15 is 0 Å². The van der Waals surface area contributed by atoms with E-state index in [-0.39, 0.29) is 26.7 Å². The van der Waals surface area contributed by atoms with Crippen LogP contribution in [0.1, 0.15) is 5.56 Å². The van der Waals surface area contributed by atoms with E-state index in [1.807, 2.05) is 0 Å². The maximum atomic E-state index is 14.4. The van der Waals surface area contributed by atoms with Crippen molar-refractivity contribution < 1.29 is 17.5 Å². The number of aromatic amines is 2. The van der Waals surface area contributed by atoms with Gasteiger partial charge in [-0.15, -0.1) is 0 Å². The van der Waals surface area contributed by atoms with E-state index in [9.17, 15) is 22.4 Å². The van der Waals surface area contributed by atoms with Gasteiger partial charge in [-0.05, 0) is 48.9 Å². The van der Waals surface area contributed by atoms with Crippen LogP contribution in [0.5, 0.6) is 5.75 Å². The Bertz CT molecular complexity index is 1630. The molecule has 0 radical (unpaired) electrons. The molecule has 0 aliphatic heterocycles. The highest BCUT2D eigenvalue weighted by Gasteiger charge is 2.20. The Hall–Kier alpha value is -3.63. The molecule has 11 heteroatoms. The van der Waals surface area contributed by atoms with E-state index in [2.05, 4.69) is 14.7 Å². The highest BCUT2D eigenvalue weighted by Crippen LogP contribution is 2.34. The molecule has 3 N–H and O–H groups in total. The number of hydrogen-bond donors (Lipinski definition) is 3. The SMILES string of the molecule is COc1ccc(-c2ccc(NS(=O)(=O)c3cc4[nH]c(=O)c(=O)[nH]c4cc3C)cc2Cl)c(F)c1. The Labute approximate surface area is 192 Å². The molecule has 0 spiro atoms. The van der Waals surface area contributed by atoms with E-state index in [0.717, 1.165) is 0 Å². The van der Waals surface area contributed by atoms with Crippen LogP contribution in [0.15, 0.2) is 63.0 Å². The number of H-pyrrole nitrogens is 2. The van der Waals surface area contributed by atoms with Gasteiger partial charge in [-0.2, -0.15) is 0 Å². The molecule has 0 atom stereocenters. The van der Waals surface area contributed by atoms with Crippen LogP contribution in [0.4, 0.5) is 10.1 Å². The van der Waals surface area contributed by atoms with Gasteiger partial charge in [0.2, 0.25) is 0 Å². The predicted octanol–water partition coefficient (Wildman–Crippen LogP) is 3.79. The van der Waals surface area contributed by atoms with Crippen LogP contribution < -0.4 is 20.6 Å². The molecule has 4 rings (SSSR count). The van der Waals surface area contributed by atoms with Crippen LogP contribution in [0.2, 0.25) is 5.02 Å². The van der Waals surface area contributed by atoms with Gasteiger partial charge < -0.3 is 14.7 Å². The van der Waals surface area contributed by atoms with Crippen molar-refractivity contribution in [3.05, 3.63) is 85.6 Å². The second-order valence-electron chi connectivity index (χ2n) is 7.22. The summed E-state index contributed by atoms with van der Waals surface area (Å²) in [7, 11) is -2.66. The zero-order valence-corrected chi connectivity index (χ0v) is 18.9. The van der Waals surface area contributed by atoms with Gasteiger partial charge in [0.15, 0.2) is 0 Å². The minimum Gasteiger partial charge on any atom is -0.497 e. The predicted molar refractivity (Wildman–Crippen MR) is 124 cm³/mol. The van der Waals surface area contributed by atoms with Gasteiger partial charge in [0, 0.05) is 17.2 Å². The molecule has 0 aliphatic rings. The monoisotopic (exact) mass is 489 g/mol. The third kappa shape index (κ3) is 4.35.